The highest BCUT2D eigenvalue weighted by molar-refractivity contribution is 6.42. The molecule has 0 saturated carbocycles. The number of methoxy groups -OCH3 is 2. The van der Waals surface area contributed by atoms with E-state index in [1.807, 2.05) is 65.6 Å². The average Bonchev–Trinajstić information content (AvgIpc) is 3.46. The van der Waals surface area contributed by atoms with Gasteiger partial charge in [-0.1, -0.05) is 83.9 Å². The van der Waals surface area contributed by atoms with Crippen molar-refractivity contribution in [2.75, 3.05) is 20.8 Å². The van der Waals surface area contributed by atoms with Crippen LogP contribution >= 0.6 is 23.2 Å². The van der Waals surface area contributed by atoms with E-state index in [2.05, 4.69) is 12.1 Å². The van der Waals surface area contributed by atoms with E-state index in [0.717, 1.165) is 16.7 Å². The van der Waals surface area contributed by atoms with Gasteiger partial charge >= 0.3 is 0 Å². The molecule has 8 heteroatoms. The Morgan fingerprint density at radius 3 is 2.17 bits per heavy atom. The number of hydrogen-bond donors (Lipinski definition) is 0. The SMILES string of the molecule is COc1ccc(-c2cc(C(=O)N(CCc3ccccc3)Cc3ccccc3)n(-c3ccc(Cl)c(Cl)c3)n2)c(OC)c1. The van der Waals surface area contributed by atoms with Crippen LogP contribution in [0, 0.1) is 0 Å². The minimum atomic E-state index is -0.165. The van der Waals surface area contributed by atoms with E-state index in [9.17, 15) is 4.79 Å². The first-order valence-electron chi connectivity index (χ1n) is 13.1. The summed E-state index contributed by atoms with van der Waals surface area (Å²) in [6, 6.07) is 32.6. The van der Waals surface area contributed by atoms with E-state index < -0.39 is 0 Å². The van der Waals surface area contributed by atoms with Crippen LogP contribution in [0.1, 0.15) is 21.6 Å². The second-order valence-electron chi connectivity index (χ2n) is 9.44. The van der Waals surface area contributed by atoms with Gasteiger partial charge < -0.3 is 14.4 Å². The van der Waals surface area contributed by atoms with Gasteiger partial charge in [-0.05, 0) is 53.9 Å². The maximum Gasteiger partial charge on any atom is 0.272 e. The summed E-state index contributed by atoms with van der Waals surface area (Å²) in [5, 5.41) is 5.65. The van der Waals surface area contributed by atoms with Gasteiger partial charge in [-0.3, -0.25) is 4.79 Å². The van der Waals surface area contributed by atoms with Crippen molar-refractivity contribution in [3.8, 4) is 28.4 Å². The lowest BCUT2D eigenvalue weighted by atomic mass is 10.1. The van der Waals surface area contributed by atoms with Gasteiger partial charge in [0.1, 0.15) is 17.2 Å². The summed E-state index contributed by atoms with van der Waals surface area (Å²) in [5.41, 5.74) is 4.48. The maximum absolute atomic E-state index is 14.4. The molecular weight excluding hydrogens is 557 g/mol. The molecule has 0 unspecified atom stereocenters. The lowest BCUT2D eigenvalue weighted by Crippen LogP contribution is -2.34. The topological polar surface area (TPSA) is 56.6 Å². The van der Waals surface area contributed by atoms with Gasteiger partial charge in [0.25, 0.3) is 5.91 Å². The fourth-order valence-corrected chi connectivity index (χ4v) is 4.91. The Hall–Kier alpha value is -4.26. The summed E-state index contributed by atoms with van der Waals surface area (Å²) in [4.78, 5) is 16.2. The number of ether oxygens (including phenoxy) is 2. The van der Waals surface area contributed by atoms with Crippen LogP contribution in [0.25, 0.3) is 16.9 Å². The number of carbonyl (C=O) groups is 1. The van der Waals surface area contributed by atoms with Gasteiger partial charge in [0.2, 0.25) is 0 Å². The number of rotatable bonds is 10. The summed E-state index contributed by atoms with van der Waals surface area (Å²) < 4.78 is 12.6. The zero-order valence-corrected chi connectivity index (χ0v) is 24.3. The molecule has 0 atom stereocenters. The fourth-order valence-electron chi connectivity index (χ4n) is 4.62. The van der Waals surface area contributed by atoms with Crippen molar-refractivity contribution in [3.63, 3.8) is 0 Å². The van der Waals surface area contributed by atoms with Crippen LogP contribution < -0.4 is 9.47 Å². The molecule has 0 bridgehead atoms. The molecule has 0 saturated heterocycles. The maximum atomic E-state index is 14.4. The number of amides is 1. The van der Waals surface area contributed by atoms with Crippen molar-refractivity contribution in [2.24, 2.45) is 0 Å². The number of carbonyl (C=O) groups excluding carboxylic acids is 1. The molecule has 1 aromatic heterocycles. The largest absolute Gasteiger partial charge is 0.497 e. The summed E-state index contributed by atoms with van der Waals surface area (Å²) in [5.74, 6) is 1.07. The van der Waals surface area contributed by atoms with Crippen LogP contribution in [0.2, 0.25) is 10.0 Å². The van der Waals surface area contributed by atoms with E-state index in [1.165, 1.54) is 0 Å². The van der Waals surface area contributed by atoms with Gasteiger partial charge in [-0.15, -0.1) is 0 Å². The van der Waals surface area contributed by atoms with Gasteiger partial charge in [0.15, 0.2) is 0 Å². The second kappa shape index (κ2) is 12.9. The van der Waals surface area contributed by atoms with Crippen molar-refractivity contribution in [1.29, 1.82) is 0 Å². The van der Waals surface area contributed by atoms with Crippen LogP contribution in [0.4, 0.5) is 0 Å². The van der Waals surface area contributed by atoms with Crippen LogP contribution in [-0.4, -0.2) is 41.4 Å². The Labute approximate surface area is 249 Å². The minimum absolute atomic E-state index is 0.165. The number of aromatic nitrogens is 2. The highest BCUT2D eigenvalue weighted by atomic mass is 35.5. The summed E-state index contributed by atoms with van der Waals surface area (Å²) in [6.07, 6.45) is 0.708. The Morgan fingerprint density at radius 1 is 0.805 bits per heavy atom. The number of nitrogens with zero attached hydrogens (tertiary/aromatic N) is 3. The molecule has 208 valence electrons. The van der Waals surface area contributed by atoms with E-state index in [-0.39, 0.29) is 5.91 Å². The average molecular weight is 587 g/mol. The molecule has 41 heavy (non-hydrogen) atoms. The third-order valence-electron chi connectivity index (χ3n) is 6.78. The van der Waals surface area contributed by atoms with Gasteiger partial charge in [0.05, 0.1) is 35.6 Å². The normalized spacial score (nSPS) is 10.8. The molecule has 0 aliphatic heterocycles. The van der Waals surface area contributed by atoms with Crippen molar-refractivity contribution in [3.05, 3.63) is 130 Å². The van der Waals surface area contributed by atoms with E-state index in [4.69, 9.17) is 37.8 Å². The highest BCUT2D eigenvalue weighted by Crippen LogP contribution is 2.34. The van der Waals surface area contributed by atoms with E-state index in [0.29, 0.717) is 58.1 Å². The molecule has 6 nitrogen and oxygen atoms in total. The Morgan fingerprint density at radius 2 is 1.51 bits per heavy atom. The molecule has 0 aliphatic rings. The monoisotopic (exact) mass is 585 g/mol. The molecule has 0 fully saturated rings. The molecule has 0 spiro atoms. The zero-order valence-electron chi connectivity index (χ0n) is 22.8. The third-order valence-corrected chi connectivity index (χ3v) is 7.52. The van der Waals surface area contributed by atoms with Crippen molar-refractivity contribution in [2.45, 2.75) is 13.0 Å². The molecule has 5 aromatic rings. The molecule has 1 heterocycles. The van der Waals surface area contributed by atoms with Crippen LogP contribution in [-0.2, 0) is 13.0 Å². The van der Waals surface area contributed by atoms with E-state index >= 15 is 0 Å². The first kappa shape index (κ1) is 28.3. The van der Waals surface area contributed by atoms with Gasteiger partial charge in [-0.25, -0.2) is 4.68 Å². The highest BCUT2D eigenvalue weighted by Gasteiger charge is 2.25. The molecule has 5 rings (SSSR count). The minimum Gasteiger partial charge on any atom is -0.497 e. The first-order valence-corrected chi connectivity index (χ1v) is 13.9. The molecule has 0 aliphatic carbocycles. The third kappa shape index (κ3) is 6.56. The number of hydrogen-bond acceptors (Lipinski definition) is 4. The Kier molecular flexibility index (Phi) is 8.92. The quantitative estimate of drug-likeness (QED) is 0.168. The van der Waals surface area contributed by atoms with Gasteiger partial charge in [0, 0.05) is 24.7 Å². The smallest absolute Gasteiger partial charge is 0.272 e. The van der Waals surface area contributed by atoms with Gasteiger partial charge in [-0.2, -0.15) is 5.10 Å². The van der Waals surface area contributed by atoms with Crippen LogP contribution in [0.3, 0.4) is 0 Å². The zero-order chi connectivity index (χ0) is 28.8. The Bertz CT molecular complexity index is 1640. The van der Waals surface area contributed by atoms with Crippen LogP contribution in [0.5, 0.6) is 11.5 Å². The standard InChI is InChI=1S/C33H29Cl2N3O3/c1-40-26-14-15-27(32(20-26)41-2)30-21-31(38(36-30)25-13-16-28(34)29(35)19-25)33(39)37(22-24-11-7-4-8-12-24)18-17-23-9-5-3-6-10-23/h3-16,19-21H,17-18,22H2,1-2H3. The van der Waals surface area contributed by atoms with Crippen molar-refractivity contribution < 1.29 is 14.3 Å². The van der Waals surface area contributed by atoms with Crippen molar-refractivity contribution in [1.82, 2.24) is 14.7 Å². The predicted octanol–water partition coefficient (Wildman–Crippen LogP) is 7.75. The van der Waals surface area contributed by atoms with Crippen LogP contribution in [0.15, 0.2) is 103 Å². The number of halogens is 2. The molecule has 1 amide bonds. The summed E-state index contributed by atoms with van der Waals surface area (Å²) in [7, 11) is 3.19. The molecular formula is C33H29Cl2N3O3. The van der Waals surface area contributed by atoms with Crippen molar-refractivity contribution >= 4 is 29.1 Å². The molecule has 0 radical (unpaired) electrons. The Balaban J connectivity index is 1.59. The molecule has 0 N–H and O–H groups in total. The van der Waals surface area contributed by atoms with E-state index in [1.54, 1.807) is 49.2 Å². The second-order valence-corrected chi connectivity index (χ2v) is 10.3. The lowest BCUT2D eigenvalue weighted by Gasteiger charge is -2.23. The molecule has 4 aromatic carbocycles. The fraction of sp³-hybridized carbons (Fsp3) is 0.152. The lowest BCUT2D eigenvalue weighted by molar-refractivity contribution is 0.0736. The summed E-state index contributed by atoms with van der Waals surface area (Å²) >= 11 is 12.6. The number of benzene rings is 4. The first-order chi connectivity index (χ1) is 20.0. The summed E-state index contributed by atoms with van der Waals surface area (Å²) in [6.45, 7) is 0.964. The predicted molar refractivity (Wildman–Crippen MR) is 163 cm³/mol.